The first-order valence-corrected chi connectivity index (χ1v) is 8.66. The number of hydrogen-bond acceptors (Lipinski definition) is 6. The van der Waals surface area contributed by atoms with E-state index in [1.54, 1.807) is 24.3 Å². The number of esters is 1. The first-order valence-electron chi connectivity index (χ1n) is 8.66. The molecule has 0 saturated carbocycles. The van der Waals surface area contributed by atoms with Crippen molar-refractivity contribution in [1.82, 2.24) is 10.2 Å². The molecule has 0 radical (unpaired) electrons. The Morgan fingerprint density at radius 1 is 0.786 bits per heavy atom. The molecule has 4 rings (SSSR count). The number of ether oxygens (including phenoxy) is 2. The van der Waals surface area contributed by atoms with Crippen LogP contribution in [-0.4, -0.2) is 16.2 Å². The fourth-order valence-electron chi connectivity index (χ4n) is 2.50. The molecule has 3 aromatic carbocycles. The summed E-state index contributed by atoms with van der Waals surface area (Å²) < 4.78 is 16.5. The minimum atomic E-state index is -0.481. The van der Waals surface area contributed by atoms with Crippen molar-refractivity contribution in [2.24, 2.45) is 0 Å². The Morgan fingerprint density at radius 2 is 1.43 bits per heavy atom. The molecule has 0 fully saturated rings. The number of carbonyl (C=O) groups excluding carboxylic acids is 1. The summed E-state index contributed by atoms with van der Waals surface area (Å²) in [4.78, 5) is 12.2. The fraction of sp³-hybridized carbons (Fsp3) is 0.0455. The van der Waals surface area contributed by atoms with E-state index in [2.05, 4.69) is 10.2 Å². The van der Waals surface area contributed by atoms with Gasteiger partial charge in [-0.3, -0.25) is 0 Å². The van der Waals surface area contributed by atoms with Gasteiger partial charge in [-0.25, -0.2) is 4.79 Å². The summed E-state index contributed by atoms with van der Waals surface area (Å²) in [5, 5.41) is 7.87. The molecule has 0 aliphatic carbocycles. The van der Waals surface area contributed by atoms with Crippen molar-refractivity contribution in [2.75, 3.05) is 0 Å². The lowest BCUT2D eigenvalue weighted by Gasteiger charge is -2.06. The van der Waals surface area contributed by atoms with E-state index in [-0.39, 0.29) is 12.5 Å². The van der Waals surface area contributed by atoms with Gasteiger partial charge in [0, 0.05) is 5.56 Å². The van der Waals surface area contributed by atoms with Gasteiger partial charge in [-0.05, 0) is 48.5 Å². The summed E-state index contributed by atoms with van der Waals surface area (Å²) in [6.45, 7) is -0.0963. The van der Waals surface area contributed by atoms with Crippen molar-refractivity contribution in [3.63, 3.8) is 0 Å². The highest BCUT2D eigenvalue weighted by Gasteiger charge is 2.12. The summed E-state index contributed by atoms with van der Waals surface area (Å²) in [5.74, 6) is 1.49. The second-order valence-corrected chi connectivity index (χ2v) is 5.88. The standard InChI is InChI=1S/C22H16N2O4/c25-22(17-11-13-19(14-12-17)27-18-9-5-2-6-10-18)26-15-20-23-24-21(28-20)16-7-3-1-4-8-16/h1-14H,15H2. The molecule has 1 heterocycles. The second-order valence-electron chi connectivity index (χ2n) is 5.88. The molecule has 0 aliphatic rings. The van der Waals surface area contributed by atoms with Crippen LogP contribution in [0.4, 0.5) is 0 Å². The predicted octanol–water partition coefficient (Wildman–Crippen LogP) is 4.89. The zero-order chi connectivity index (χ0) is 19.2. The van der Waals surface area contributed by atoms with E-state index < -0.39 is 5.97 Å². The van der Waals surface area contributed by atoms with Gasteiger partial charge in [-0.1, -0.05) is 36.4 Å². The first kappa shape index (κ1) is 17.5. The van der Waals surface area contributed by atoms with E-state index >= 15 is 0 Å². The Bertz CT molecular complexity index is 1040. The Labute approximate surface area is 161 Å². The van der Waals surface area contributed by atoms with Crippen molar-refractivity contribution in [3.05, 3.63) is 96.4 Å². The molecular weight excluding hydrogens is 356 g/mol. The van der Waals surface area contributed by atoms with Crippen LogP contribution in [0.3, 0.4) is 0 Å². The highest BCUT2D eigenvalue weighted by Crippen LogP contribution is 2.22. The number of aromatic nitrogens is 2. The van der Waals surface area contributed by atoms with Crippen molar-refractivity contribution < 1.29 is 18.7 Å². The molecule has 1 aromatic heterocycles. The van der Waals surface area contributed by atoms with Gasteiger partial charge in [0.25, 0.3) is 5.89 Å². The monoisotopic (exact) mass is 372 g/mol. The van der Waals surface area contributed by atoms with Gasteiger partial charge >= 0.3 is 5.97 Å². The Balaban J connectivity index is 1.34. The molecule has 6 nitrogen and oxygen atoms in total. The number of para-hydroxylation sites is 1. The van der Waals surface area contributed by atoms with E-state index in [9.17, 15) is 4.79 Å². The lowest BCUT2D eigenvalue weighted by molar-refractivity contribution is 0.0438. The molecule has 0 unspecified atom stereocenters. The van der Waals surface area contributed by atoms with Crippen LogP contribution in [0.15, 0.2) is 89.3 Å². The van der Waals surface area contributed by atoms with Crippen LogP contribution < -0.4 is 4.74 Å². The molecule has 0 N–H and O–H groups in total. The first-order chi connectivity index (χ1) is 13.8. The summed E-state index contributed by atoms with van der Waals surface area (Å²) in [6, 6.07) is 25.5. The third-order valence-electron chi connectivity index (χ3n) is 3.88. The van der Waals surface area contributed by atoms with Crippen LogP contribution in [0.5, 0.6) is 11.5 Å². The predicted molar refractivity (Wildman–Crippen MR) is 102 cm³/mol. The Hall–Kier alpha value is -3.93. The van der Waals surface area contributed by atoms with E-state index in [4.69, 9.17) is 13.9 Å². The number of nitrogens with zero attached hydrogens (tertiary/aromatic N) is 2. The molecule has 0 saturated heterocycles. The maximum absolute atomic E-state index is 12.2. The average Bonchev–Trinajstić information content (AvgIpc) is 3.23. The third kappa shape index (κ3) is 4.24. The molecule has 0 aliphatic heterocycles. The summed E-state index contributed by atoms with van der Waals surface area (Å²) >= 11 is 0. The Kier molecular flexibility index (Phi) is 5.11. The quantitative estimate of drug-likeness (QED) is 0.449. The van der Waals surface area contributed by atoms with Crippen molar-refractivity contribution in [2.45, 2.75) is 6.61 Å². The minimum Gasteiger partial charge on any atom is -0.457 e. The van der Waals surface area contributed by atoms with Crippen LogP contribution >= 0.6 is 0 Å². The summed E-state index contributed by atoms with van der Waals surface area (Å²) in [6.07, 6.45) is 0. The molecule has 4 aromatic rings. The zero-order valence-electron chi connectivity index (χ0n) is 14.8. The second kappa shape index (κ2) is 8.18. The van der Waals surface area contributed by atoms with Crippen molar-refractivity contribution in [3.8, 4) is 23.0 Å². The number of rotatable bonds is 6. The van der Waals surface area contributed by atoms with Crippen LogP contribution in [0.25, 0.3) is 11.5 Å². The highest BCUT2D eigenvalue weighted by molar-refractivity contribution is 5.89. The van der Waals surface area contributed by atoms with Crippen LogP contribution in [0, 0.1) is 0 Å². The molecular formula is C22H16N2O4. The van der Waals surface area contributed by atoms with E-state index in [1.165, 1.54) is 0 Å². The van der Waals surface area contributed by atoms with E-state index in [0.29, 0.717) is 17.2 Å². The van der Waals surface area contributed by atoms with E-state index in [0.717, 1.165) is 11.3 Å². The zero-order valence-corrected chi connectivity index (χ0v) is 14.8. The third-order valence-corrected chi connectivity index (χ3v) is 3.88. The lowest BCUT2D eigenvalue weighted by Crippen LogP contribution is -2.05. The normalized spacial score (nSPS) is 10.4. The van der Waals surface area contributed by atoms with Gasteiger partial charge in [0.05, 0.1) is 5.56 Å². The maximum Gasteiger partial charge on any atom is 0.338 e. The topological polar surface area (TPSA) is 74.5 Å². The molecule has 0 bridgehead atoms. The van der Waals surface area contributed by atoms with Crippen molar-refractivity contribution in [1.29, 1.82) is 0 Å². The largest absolute Gasteiger partial charge is 0.457 e. The maximum atomic E-state index is 12.2. The molecule has 0 amide bonds. The SMILES string of the molecule is O=C(OCc1nnc(-c2ccccc2)o1)c1ccc(Oc2ccccc2)cc1. The summed E-state index contributed by atoms with van der Waals surface area (Å²) in [5.41, 5.74) is 1.21. The van der Waals surface area contributed by atoms with Gasteiger partial charge in [0.1, 0.15) is 11.5 Å². The van der Waals surface area contributed by atoms with E-state index in [1.807, 2.05) is 60.7 Å². The average molecular weight is 372 g/mol. The number of carbonyl (C=O) groups is 1. The van der Waals surface area contributed by atoms with Crippen LogP contribution in [0.2, 0.25) is 0 Å². The van der Waals surface area contributed by atoms with Gasteiger partial charge in [-0.15, -0.1) is 10.2 Å². The van der Waals surface area contributed by atoms with Gasteiger partial charge < -0.3 is 13.9 Å². The molecule has 0 atom stereocenters. The fourth-order valence-corrected chi connectivity index (χ4v) is 2.50. The number of hydrogen-bond donors (Lipinski definition) is 0. The van der Waals surface area contributed by atoms with Crippen LogP contribution in [-0.2, 0) is 11.3 Å². The smallest absolute Gasteiger partial charge is 0.338 e. The lowest BCUT2D eigenvalue weighted by atomic mass is 10.2. The minimum absolute atomic E-state index is 0.0963. The van der Waals surface area contributed by atoms with Gasteiger partial charge in [0.2, 0.25) is 5.89 Å². The van der Waals surface area contributed by atoms with Crippen molar-refractivity contribution >= 4 is 5.97 Å². The molecule has 138 valence electrons. The van der Waals surface area contributed by atoms with Gasteiger partial charge in [0.15, 0.2) is 6.61 Å². The molecule has 28 heavy (non-hydrogen) atoms. The molecule has 6 heteroatoms. The summed E-state index contributed by atoms with van der Waals surface area (Å²) in [7, 11) is 0. The van der Waals surface area contributed by atoms with Crippen LogP contribution in [0.1, 0.15) is 16.2 Å². The Morgan fingerprint density at radius 3 is 2.14 bits per heavy atom. The number of benzene rings is 3. The molecule has 0 spiro atoms. The van der Waals surface area contributed by atoms with Gasteiger partial charge in [-0.2, -0.15) is 0 Å². The highest BCUT2D eigenvalue weighted by atomic mass is 16.5.